The van der Waals surface area contributed by atoms with Crippen LogP contribution in [0.4, 0.5) is 0 Å². The van der Waals surface area contributed by atoms with Crippen molar-refractivity contribution in [3.8, 4) is 5.75 Å². The molecule has 1 aliphatic rings. The number of carbonyl (C=O) groups excluding carboxylic acids is 2. The average Bonchev–Trinajstić information content (AvgIpc) is 3.42. The fourth-order valence-corrected chi connectivity index (χ4v) is 3.98. The van der Waals surface area contributed by atoms with E-state index in [4.69, 9.17) is 9.15 Å². The molecule has 1 aromatic heterocycles. The molecule has 1 atom stereocenters. The summed E-state index contributed by atoms with van der Waals surface area (Å²) in [5, 5.41) is 10.7. The Morgan fingerprint density at radius 2 is 1.84 bits per heavy atom. The van der Waals surface area contributed by atoms with E-state index in [0.29, 0.717) is 24.5 Å². The smallest absolute Gasteiger partial charge is 0.290 e. The molecular weight excluding hydrogens is 406 g/mol. The summed E-state index contributed by atoms with van der Waals surface area (Å²) in [6.07, 6.45) is 2.20. The molecule has 2 heterocycles. The molecule has 0 saturated heterocycles. The Bertz CT molecular complexity index is 1120. The minimum absolute atomic E-state index is 0.0850. The second-order valence-corrected chi connectivity index (χ2v) is 7.60. The van der Waals surface area contributed by atoms with E-state index in [0.717, 1.165) is 11.1 Å². The summed E-state index contributed by atoms with van der Waals surface area (Å²) in [6, 6.07) is 19.7. The number of rotatable bonds is 9. The van der Waals surface area contributed by atoms with E-state index in [1.165, 1.54) is 11.2 Å². The summed E-state index contributed by atoms with van der Waals surface area (Å²) < 4.78 is 11.1. The highest BCUT2D eigenvalue weighted by Gasteiger charge is 2.44. The highest BCUT2D eigenvalue weighted by molar-refractivity contribution is 6.08. The van der Waals surface area contributed by atoms with E-state index in [9.17, 15) is 14.7 Å². The molecule has 4 rings (SSSR count). The largest absolute Gasteiger partial charge is 0.503 e. The maximum atomic E-state index is 13.2. The standard InChI is InChI=1S/C26H25NO5/c1-2-31-20-11-6-10-19(16-20)17-27-24(22-12-7-15-32-22)23(25(29)26(27)30)21(28)14-13-18-8-4-3-5-9-18/h3-12,15-16,24,29H,2,13-14,17H2,1H3. The Hall–Kier alpha value is -3.80. The van der Waals surface area contributed by atoms with Crippen LogP contribution in [0.15, 0.2) is 88.7 Å². The minimum Gasteiger partial charge on any atom is -0.503 e. The molecule has 164 valence electrons. The number of ketones is 1. The van der Waals surface area contributed by atoms with Crippen molar-refractivity contribution in [1.82, 2.24) is 4.90 Å². The van der Waals surface area contributed by atoms with Crippen LogP contribution >= 0.6 is 0 Å². The maximum Gasteiger partial charge on any atom is 0.290 e. The molecule has 1 amide bonds. The predicted molar refractivity (Wildman–Crippen MR) is 119 cm³/mol. The summed E-state index contributed by atoms with van der Waals surface area (Å²) in [7, 11) is 0. The molecule has 32 heavy (non-hydrogen) atoms. The highest BCUT2D eigenvalue weighted by atomic mass is 16.5. The number of carbonyl (C=O) groups is 2. The van der Waals surface area contributed by atoms with Crippen LogP contribution in [0.2, 0.25) is 0 Å². The van der Waals surface area contributed by atoms with E-state index in [2.05, 4.69) is 0 Å². The third kappa shape index (κ3) is 4.44. The van der Waals surface area contributed by atoms with Gasteiger partial charge >= 0.3 is 0 Å². The van der Waals surface area contributed by atoms with Gasteiger partial charge in [-0.2, -0.15) is 0 Å². The van der Waals surface area contributed by atoms with E-state index >= 15 is 0 Å². The molecule has 2 aromatic carbocycles. The van der Waals surface area contributed by atoms with Crippen molar-refractivity contribution in [2.45, 2.75) is 32.4 Å². The van der Waals surface area contributed by atoms with E-state index in [1.54, 1.807) is 12.1 Å². The third-order valence-corrected chi connectivity index (χ3v) is 5.46. The Morgan fingerprint density at radius 1 is 1.06 bits per heavy atom. The predicted octanol–water partition coefficient (Wildman–Crippen LogP) is 4.78. The topological polar surface area (TPSA) is 80.0 Å². The zero-order valence-corrected chi connectivity index (χ0v) is 17.9. The van der Waals surface area contributed by atoms with Gasteiger partial charge in [-0.15, -0.1) is 0 Å². The normalized spacial score (nSPS) is 16.0. The Balaban J connectivity index is 1.60. The van der Waals surface area contributed by atoms with Crippen LogP contribution in [0.1, 0.15) is 36.3 Å². The second-order valence-electron chi connectivity index (χ2n) is 7.60. The van der Waals surface area contributed by atoms with Crippen LogP contribution in [0, 0.1) is 0 Å². The molecule has 0 radical (unpaired) electrons. The van der Waals surface area contributed by atoms with Gasteiger partial charge in [-0.25, -0.2) is 0 Å². The van der Waals surface area contributed by atoms with Crippen molar-refractivity contribution in [2.24, 2.45) is 0 Å². The fourth-order valence-electron chi connectivity index (χ4n) is 3.98. The van der Waals surface area contributed by atoms with Gasteiger partial charge in [0, 0.05) is 13.0 Å². The van der Waals surface area contributed by atoms with Crippen molar-refractivity contribution >= 4 is 11.7 Å². The van der Waals surface area contributed by atoms with Gasteiger partial charge < -0.3 is 19.2 Å². The zero-order valence-electron chi connectivity index (χ0n) is 17.9. The molecule has 6 nitrogen and oxygen atoms in total. The average molecular weight is 431 g/mol. The number of ether oxygens (including phenoxy) is 1. The molecular formula is C26H25NO5. The second kappa shape index (κ2) is 9.56. The number of furan rings is 1. The summed E-state index contributed by atoms with van der Waals surface area (Å²) in [4.78, 5) is 27.6. The molecule has 6 heteroatoms. The van der Waals surface area contributed by atoms with Crippen LogP contribution < -0.4 is 4.74 Å². The van der Waals surface area contributed by atoms with Gasteiger partial charge in [0.25, 0.3) is 5.91 Å². The monoisotopic (exact) mass is 431 g/mol. The van der Waals surface area contributed by atoms with Gasteiger partial charge in [0.15, 0.2) is 11.5 Å². The number of aryl methyl sites for hydroxylation is 1. The molecule has 1 unspecified atom stereocenters. The lowest BCUT2D eigenvalue weighted by atomic mass is 9.96. The first-order chi connectivity index (χ1) is 15.6. The molecule has 3 aromatic rings. The highest BCUT2D eigenvalue weighted by Crippen LogP contribution is 2.39. The lowest BCUT2D eigenvalue weighted by molar-refractivity contribution is -0.130. The quantitative estimate of drug-likeness (QED) is 0.528. The zero-order chi connectivity index (χ0) is 22.5. The molecule has 1 N–H and O–H groups in total. The van der Waals surface area contributed by atoms with Crippen molar-refractivity contribution in [3.63, 3.8) is 0 Å². The Labute approximate surface area is 186 Å². The van der Waals surface area contributed by atoms with Gasteiger partial charge in [-0.1, -0.05) is 42.5 Å². The van der Waals surface area contributed by atoms with Crippen molar-refractivity contribution in [1.29, 1.82) is 0 Å². The number of hydrogen-bond acceptors (Lipinski definition) is 5. The molecule has 0 aliphatic carbocycles. The lowest BCUT2D eigenvalue weighted by Crippen LogP contribution is -2.30. The van der Waals surface area contributed by atoms with Crippen LogP contribution in [-0.4, -0.2) is 28.3 Å². The number of benzene rings is 2. The first-order valence-corrected chi connectivity index (χ1v) is 10.6. The summed E-state index contributed by atoms with van der Waals surface area (Å²) >= 11 is 0. The summed E-state index contributed by atoms with van der Waals surface area (Å²) in [6.45, 7) is 2.63. The number of amides is 1. The van der Waals surface area contributed by atoms with Crippen LogP contribution in [-0.2, 0) is 22.6 Å². The minimum atomic E-state index is -0.781. The SMILES string of the molecule is CCOc1cccc(CN2C(=O)C(O)=C(C(=O)CCc3ccccc3)C2c2ccco2)c1. The van der Waals surface area contributed by atoms with Crippen LogP contribution in [0.3, 0.4) is 0 Å². The number of nitrogens with zero attached hydrogens (tertiary/aromatic N) is 1. The number of aliphatic hydroxyl groups is 1. The van der Waals surface area contributed by atoms with E-state index < -0.39 is 17.7 Å². The van der Waals surface area contributed by atoms with E-state index in [1.807, 2.05) is 61.5 Å². The van der Waals surface area contributed by atoms with Crippen LogP contribution in [0.25, 0.3) is 0 Å². The van der Waals surface area contributed by atoms with Gasteiger partial charge in [-0.05, 0) is 48.7 Å². The van der Waals surface area contributed by atoms with Gasteiger partial charge in [-0.3, -0.25) is 9.59 Å². The van der Waals surface area contributed by atoms with Gasteiger partial charge in [0.1, 0.15) is 17.6 Å². The summed E-state index contributed by atoms with van der Waals surface area (Å²) in [5.41, 5.74) is 1.93. The number of Topliss-reactive ketones (excluding diaryl/α,β-unsaturated/α-hetero) is 1. The van der Waals surface area contributed by atoms with E-state index in [-0.39, 0.29) is 24.3 Å². The molecule has 0 saturated carbocycles. The van der Waals surface area contributed by atoms with Gasteiger partial charge in [0.05, 0.1) is 18.4 Å². The first-order valence-electron chi connectivity index (χ1n) is 10.6. The molecule has 0 bridgehead atoms. The van der Waals surface area contributed by atoms with Gasteiger partial charge in [0.2, 0.25) is 0 Å². The third-order valence-electron chi connectivity index (χ3n) is 5.46. The lowest BCUT2D eigenvalue weighted by Gasteiger charge is -2.25. The Kier molecular flexibility index (Phi) is 6.40. The van der Waals surface area contributed by atoms with Crippen LogP contribution in [0.5, 0.6) is 5.75 Å². The van der Waals surface area contributed by atoms with Crippen molar-refractivity contribution < 1.29 is 23.8 Å². The fraction of sp³-hybridized carbons (Fsp3) is 0.231. The molecule has 0 spiro atoms. The number of aliphatic hydroxyl groups excluding tert-OH is 1. The van der Waals surface area contributed by atoms with Crippen molar-refractivity contribution in [3.05, 3.63) is 101 Å². The van der Waals surface area contributed by atoms with Crippen molar-refractivity contribution in [2.75, 3.05) is 6.61 Å². The molecule has 1 aliphatic heterocycles. The maximum absolute atomic E-state index is 13.2. The number of hydrogen-bond donors (Lipinski definition) is 1. The molecule has 0 fully saturated rings. The first kappa shape index (κ1) is 21.4. The Morgan fingerprint density at radius 3 is 2.56 bits per heavy atom. The summed E-state index contributed by atoms with van der Waals surface area (Å²) in [5.74, 6) is -0.234.